The number of aliphatic hydroxyl groups excluding tert-OH is 3. The fourth-order valence-electron chi connectivity index (χ4n) is 2.81. The first-order valence-electron chi connectivity index (χ1n) is 6.92. The number of hydrogen-bond acceptors (Lipinski definition) is 8. The van der Waals surface area contributed by atoms with Crippen LogP contribution in [0.3, 0.4) is 0 Å². The monoisotopic (exact) mass is 319 g/mol. The van der Waals surface area contributed by atoms with E-state index in [2.05, 4.69) is 15.0 Å². The molecule has 1 fully saturated rings. The smallest absolute Gasteiger partial charge is 0.168 e. The highest BCUT2D eigenvalue weighted by atomic mass is 16.6. The van der Waals surface area contributed by atoms with Gasteiger partial charge in [-0.2, -0.15) is 0 Å². The SMILES string of the molecule is O=Cc1cnc2c3ncn([C@@H]4O[C@H](CO)[C@@H](O)[C@H]4O)c3ncn12. The summed E-state index contributed by atoms with van der Waals surface area (Å²) in [6.07, 6.45) is 0.658. The van der Waals surface area contributed by atoms with E-state index in [9.17, 15) is 20.1 Å². The van der Waals surface area contributed by atoms with E-state index < -0.39 is 31.1 Å². The Kier molecular flexibility index (Phi) is 3.13. The normalized spacial score (nSPS) is 28.0. The molecular weight excluding hydrogens is 306 g/mol. The highest BCUT2D eigenvalue weighted by molar-refractivity contribution is 5.87. The van der Waals surface area contributed by atoms with Crippen molar-refractivity contribution < 1.29 is 24.9 Å². The molecule has 120 valence electrons. The predicted octanol–water partition coefficient (Wildman–Crippen LogP) is -1.50. The topological polar surface area (TPSA) is 135 Å². The number of imidazole rings is 2. The number of rotatable bonds is 3. The van der Waals surface area contributed by atoms with Gasteiger partial charge in [-0.3, -0.25) is 13.8 Å². The van der Waals surface area contributed by atoms with Gasteiger partial charge < -0.3 is 20.1 Å². The summed E-state index contributed by atoms with van der Waals surface area (Å²) in [4.78, 5) is 23.6. The summed E-state index contributed by atoms with van der Waals surface area (Å²) in [7, 11) is 0. The zero-order valence-corrected chi connectivity index (χ0v) is 11.7. The molecule has 0 aliphatic carbocycles. The third-order valence-electron chi connectivity index (χ3n) is 4.01. The second-order valence-corrected chi connectivity index (χ2v) is 5.29. The number of aromatic nitrogens is 5. The van der Waals surface area contributed by atoms with Gasteiger partial charge in [0.2, 0.25) is 0 Å². The lowest BCUT2D eigenvalue weighted by molar-refractivity contribution is -0.0511. The van der Waals surface area contributed by atoms with Crippen molar-refractivity contribution in [2.24, 2.45) is 0 Å². The molecule has 0 aromatic carbocycles. The van der Waals surface area contributed by atoms with Crippen LogP contribution in [0.15, 0.2) is 18.9 Å². The molecular formula is C13H13N5O5. The van der Waals surface area contributed by atoms with E-state index in [1.165, 1.54) is 27.8 Å². The molecule has 1 aliphatic rings. The molecule has 0 unspecified atom stereocenters. The van der Waals surface area contributed by atoms with Crippen LogP contribution >= 0.6 is 0 Å². The summed E-state index contributed by atoms with van der Waals surface area (Å²) in [6.45, 7) is -0.415. The molecule has 23 heavy (non-hydrogen) atoms. The second kappa shape index (κ2) is 5.06. The summed E-state index contributed by atoms with van der Waals surface area (Å²) in [6, 6.07) is 0. The summed E-state index contributed by atoms with van der Waals surface area (Å²) >= 11 is 0. The number of hydrogen-bond donors (Lipinski definition) is 3. The fraction of sp³-hybridized carbons (Fsp3) is 0.385. The van der Waals surface area contributed by atoms with Crippen molar-refractivity contribution in [3.63, 3.8) is 0 Å². The molecule has 10 nitrogen and oxygen atoms in total. The van der Waals surface area contributed by atoms with Gasteiger partial charge in [-0.25, -0.2) is 15.0 Å². The first kappa shape index (κ1) is 14.2. The minimum absolute atomic E-state index is 0.344. The minimum atomic E-state index is -1.23. The molecule has 0 amide bonds. The average Bonchev–Trinajstić information content (AvgIpc) is 3.23. The molecule has 0 bridgehead atoms. The number of ether oxygens (including phenoxy) is 1. The Morgan fingerprint density at radius 3 is 2.70 bits per heavy atom. The van der Waals surface area contributed by atoms with Gasteiger partial charge in [-0.15, -0.1) is 0 Å². The number of carbonyl (C=O) groups is 1. The average molecular weight is 319 g/mol. The Bertz CT molecular complexity index is 890. The molecule has 0 saturated carbocycles. The van der Waals surface area contributed by atoms with Gasteiger partial charge in [-0.1, -0.05) is 0 Å². The Morgan fingerprint density at radius 1 is 1.17 bits per heavy atom. The van der Waals surface area contributed by atoms with Crippen molar-refractivity contribution in [1.29, 1.82) is 0 Å². The van der Waals surface area contributed by atoms with E-state index in [1.807, 2.05) is 0 Å². The standard InChI is InChI=1S/C13H13N5O5/c19-2-6-1-14-11-8-12(16-5-17(6)11)18(4-15-8)13-10(22)9(21)7(3-20)23-13/h1-2,4-5,7,9-10,13,20-22H,3H2/t7-,9-,10-,13-/m1/s1. The molecule has 3 N–H and O–H groups in total. The molecule has 4 atom stereocenters. The van der Waals surface area contributed by atoms with E-state index in [-0.39, 0.29) is 0 Å². The van der Waals surface area contributed by atoms with Crippen molar-refractivity contribution in [1.82, 2.24) is 23.9 Å². The molecule has 0 spiro atoms. The second-order valence-electron chi connectivity index (χ2n) is 5.29. The lowest BCUT2D eigenvalue weighted by atomic mass is 10.1. The predicted molar refractivity (Wildman–Crippen MR) is 74.7 cm³/mol. The van der Waals surface area contributed by atoms with E-state index in [4.69, 9.17) is 4.74 Å². The Hall–Kier alpha value is -2.40. The molecule has 4 heterocycles. The Labute approximate surface area is 128 Å². The molecule has 1 aliphatic heterocycles. The van der Waals surface area contributed by atoms with Gasteiger partial charge in [0.15, 0.2) is 29.3 Å². The number of fused-ring (bicyclic) bond motifs is 3. The largest absolute Gasteiger partial charge is 0.394 e. The first-order valence-corrected chi connectivity index (χ1v) is 6.92. The van der Waals surface area contributed by atoms with Crippen LogP contribution in [0.2, 0.25) is 0 Å². The number of aldehydes is 1. The van der Waals surface area contributed by atoms with Crippen LogP contribution in [0.4, 0.5) is 0 Å². The van der Waals surface area contributed by atoms with Gasteiger partial charge in [0, 0.05) is 0 Å². The van der Waals surface area contributed by atoms with Crippen LogP contribution in [-0.4, -0.2) is 70.4 Å². The van der Waals surface area contributed by atoms with Gasteiger partial charge in [-0.05, 0) is 0 Å². The van der Waals surface area contributed by atoms with Crippen molar-refractivity contribution in [3.8, 4) is 0 Å². The zero-order valence-electron chi connectivity index (χ0n) is 11.7. The van der Waals surface area contributed by atoms with Crippen LogP contribution in [0, 0.1) is 0 Å². The van der Waals surface area contributed by atoms with E-state index >= 15 is 0 Å². The molecule has 3 aromatic rings. The van der Waals surface area contributed by atoms with E-state index in [0.29, 0.717) is 28.8 Å². The summed E-state index contributed by atoms with van der Waals surface area (Å²) in [5, 5.41) is 29.1. The molecule has 1 saturated heterocycles. The zero-order chi connectivity index (χ0) is 16.1. The Morgan fingerprint density at radius 2 is 2.00 bits per heavy atom. The fourth-order valence-corrected chi connectivity index (χ4v) is 2.81. The van der Waals surface area contributed by atoms with E-state index in [0.717, 1.165) is 0 Å². The quantitative estimate of drug-likeness (QED) is 0.497. The summed E-state index contributed by atoms with van der Waals surface area (Å²) in [5.74, 6) is 0. The number of nitrogens with zero attached hydrogens (tertiary/aromatic N) is 5. The van der Waals surface area contributed by atoms with Crippen molar-refractivity contribution >= 4 is 23.1 Å². The lowest BCUT2D eigenvalue weighted by Crippen LogP contribution is -2.33. The third-order valence-corrected chi connectivity index (χ3v) is 4.01. The van der Waals surface area contributed by atoms with Gasteiger partial charge >= 0.3 is 0 Å². The highest BCUT2D eigenvalue weighted by Crippen LogP contribution is 2.31. The maximum absolute atomic E-state index is 11.0. The summed E-state index contributed by atoms with van der Waals surface area (Å²) < 4.78 is 8.45. The Balaban J connectivity index is 1.85. The maximum atomic E-state index is 11.0. The van der Waals surface area contributed by atoms with Crippen LogP contribution < -0.4 is 0 Å². The lowest BCUT2D eigenvalue weighted by Gasteiger charge is -2.16. The van der Waals surface area contributed by atoms with E-state index in [1.54, 1.807) is 0 Å². The van der Waals surface area contributed by atoms with Crippen molar-refractivity contribution in [2.75, 3.05) is 6.61 Å². The molecule has 3 aromatic heterocycles. The van der Waals surface area contributed by atoms with Crippen molar-refractivity contribution in [3.05, 3.63) is 24.5 Å². The highest BCUT2D eigenvalue weighted by Gasteiger charge is 2.44. The van der Waals surface area contributed by atoms with Gasteiger partial charge in [0.25, 0.3) is 0 Å². The molecule has 4 rings (SSSR count). The molecule has 10 heteroatoms. The first-order chi connectivity index (χ1) is 11.2. The molecule has 0 radical (unpaired) electrons. The third kappa shape index (κ3) is 1.90. The van der Waals surface area contributed by atoms with Crippen LogP contribution in [0.25, 0.3) is 16.8 Å². The minimum Gasteiger partial charge on any atom is -0.394 e. The van der Waals surface area contributed by atoms with Crippen LogP contribution in [-0.2, 0) is 4.74 Å². The maximum Gasteiger partial charge on any atom is 0.168 e. The summed E-state index contributed by atoms with van der Waals surface area (Å²) in [5.41, 5.74) is 1.60. The van der Waals surface area contributed by atoms with Crippen LogP contribution in [0.1, 0.15) is 16.7 Å². The van der Waals surface area contributed by atoms with Crippen molar-refractivity contribution in [2.45, 2.75) is 24.5 Å². The van der Waals surface area contributed by atoms with Gasteiger partial charge in [0.05, 0.1) is 19.1 Å². The van der Waals surface area contributed by atoms with Gasteiger partial charge in [0.1, 0.15) is 30.3 Å². The number of carbonyl (C=O) groups excluding carboxylic acids is 1. The van der Waals surface area contributed by atoms with Crippen LogP contribution in [0.5, 0.6) is 0 Å². The number of aliphatic hydroxyl groups is 3.